The predicted molar refractivity (Wildman–Crippen MR) is 73.6 cm³/mol. The molecule has 1 atom stereocenters. The van der Waals surface area contributed by atoms with Crippen LogP contribution in [0.5, 0.6) is 0 Å². The Morgan fingerprint density at radius 1 is 1.35 bits per heavy atom. The Kier molecular flexibility index (Phi) is 4.27. The zero-order valence-corrected chi connectivity index (χ0v) is 11.5. The van der Waals surface area contributed by atoms with E-state index in [0.717, 1.165) is 31.4 Å². The van der Waals surface area contributed by atoms with Crippen LogP contribution in [0.15, 0.2) is 23.1 Å². The van der Waals surface area contributed by atoms with Crippen LogP contribution in [0.3, 0.4) is 0 Å². The minimum Gasteiger partial charge on any atom is -0.299 e. The highest BCUT2D eigenvalue weighted by molar-refractivity contribution is 7.99. The van der Waals surface area contributed by atoms with E-state index in [-0.39, 0.29) is 0 Å². The molecule has 1 fully saturated rings. The second kappa shape index (κ2) is 5.72. The maximum Gasteiger partial charge on any atom is 0.136 e. The Morgan fingerprint density at radius 2 is 2.18 bits per heavy atom. The number of hydrogen-bond donors (Lipinski definition) is 0. The van der Waals surface area contributed by atoms with E-state index < -0.39 is 0 Å². The summed E-state index contributed by atoms with van der Waals surface area (Å²) >= 11 is 1.89. The van der Waals surface area contributed by atoms with E-state index in [0.29, 0.717) is 11.7 Å². The zero-order chi connectivity index (χ0) is 12.3. The standard InChI is InChI=1S/C15H20OS/c1-11-6-7-15(12(2)10-11)17-9-8-13-4-3-5-14(13)16/h6-7,10,13H,3-5,8-9H2,1-2H3. The van der Waals surface area contributed by atoms with Gasteiger partial charge in [0, 0.05) is 17.2 Å². The summed E-state index contributed by atoms with van der Waals surface area (Å²) < 4.78 is 0. The second-order valence-corrected chi connectivity index (χ2v) is 6.10. The lowest BCUT2D eigenvalue weighted by molar-refractivity contribution is -0.120. The van der Waals surface area contributed by atoms with Crippen LogP contribution in [-0.4, -0.2) is 11.5 Å². The fourth-order valence-corrected chi connectivity index (χ4v) is 3.54. The molecule has 1 unspecified atom stereocenters. The van der Waals surface area contributed by atoms with Crippen molar-refractivity contribution in [2.75, 3.05) is 5.75 Å². The van der Waals surface area contributed by atoms with Crippen molar-refractivity contribution in [2.24, 2.45) is 5.92 Å². The Bertz CT molecular complexity index is 411. The van der Waals surface area contributed by atoms with Gasteiger partial charge < -0.3 is 0 Å². The average molecular weight is 248 g/mol. The molecule has 0 amide bonds. The van der Waals surface area contributed by atoms with E-state index in [1.807, 2.05) is 11.8 Å². The van der Waals surface area contributed by atoms with Gasteiger partial charge in [-0.1, -0.05) is 17.7 Å². The topological polar surface area (TPSA) is 17.1 Å². The first-order valence-corrected chi connectivity index (χ1v) is 7.38. The lowest BCUT2D eigenvalue weighted by atomic mass is 10.1. The first-order valence-electron chi connectivity index (χ1n) is 6.39. The summed E-state index contributed by atoms with van der Waals surface area (Å²) in [6, 6.07) is 6.59. The fourth-order valence-electron chi connectivity index (χ4n) is 2.47. The molecule has 2 heteroatoms. The Labute approximate surface area is 108 Å². The third-order valence-electron chi connectivity index (χ3n) is 3.49. The van der Waals surface area contributed by atoms with Crippen LogP contribution in [0, 0.1) is 19.8 Å². The summed E-state index contributed by atoms with van der Waals surface area (Å²) in [5.41, 5.74) is 2.67. The number of rotatable bonds is 4. The van der Waals surface area contributed by atoms with E-state index in [1.54, 1.807) is 0 Å². The molecule has 0 bridgehead atoms. The van der Waals surface area contributed by atoms with Gasteiger partial charge in [0.1, 0.15) is 5.78 Å². The summed E-state index contributed by atoms with van der Waals surface area (Å²) in [7, 11) is 0. The quantitative estimate of drug-likeness (QED) is 0.744. The smallest absolute Gasteiger partial charge is 0.136 e. The van der Waals surface area contributed by atoms with E-state index in [9.17, 15) is 4.79 Å². The van der Waals surface area contributed by atoms with Crippen molar-refractivity contribution in [3.63, 3.8) is 0 Å². The number of Topliss-reactive ketones (excluding diaryl/α,β-unsaturated/α-hetero) is 1. The minimum atomic E-state index is 0.355. The van der Waals surface area contributed by atoms with Crippen molar-refractivity contribution in [3.8, 4) is 0 Å². The van der Waals surface area contributed by atoms with Crippen LogP contribution in [0.2, 0.25) is 0 Å². The molecule has 92 valence electrons. The molecule has 0 N–H and O–H groups in total. The van der Waals surface area contributed by atoms with Crippen molar-refractivity contribution in [2.45, 2.75) is 44.4 Å². The third-order valence-corrected chi connectivity index (χ3v) is 4.69. The van der Waals surface area contributed by atoms with Gasteiger partial charge in [-0.15, -0.1) is 11.8 Å². The molecule has 0 heterocycles. The monoisotopic (exact) mass is 248 g/mol. The fraction of sp³-hybridized carbons (Fsp3) is 0.533. The summed E-state index contributed by atoms with van der Waals surface area (Å²) in [5.74, 6) is 1.92. The number of aryl methyl sites for hydroxylation is 2. The Hall–Kier alpha value is -0.760. The van der Waals surface area contributed by atoms with Crippen molar-refractivity contribution >= 4 is 17.5 Å². The average Bonchev–Trinajstić information content (AvgIpc) is 2.68. The van der Waals surface area contributed by atoms with Gasteiger partial charge in [-0.2, -0.15) is 0 Å². The van der Waals surface area contributed by atoms with Gasteiger partial charge in [-0.3, -0.25) is 4.79 Å². The van der Waals surface area contributed by atoms with Crippen LogP contribution in [-0.2, 0) is 4.79 Å². The van der Waals surface area contributed by atoms with E-state index >= 15 is 0 Å². The van der Waals surface area contributed by atoms with Crippen LogP contribution >= 0.6 is 11.8 Å². The van der Waals surface area contributed by atoms with Crippen molar-refractivity contribution in [3.05, 3.63) is 29.3 Å². The summed E-state index contributed by atoms with van der Waals surface area (Å²) in [4.78, 5) is 12.9. The molecule has 1 aromatic carbocycles. The number of ketones is 1. The largest absolute Gasteiger partial charge is 0.299 e. The van der Waals surface area contributed by atoms with Gasteiger partial charge in [0.05, 0.1) is 0 Å². The Balaban J connectivity index is 1.83. The van der Waals surface area contributed by atoms with Crippen molar-refractivity contribution < 1.29 is 4.79 Å². The summed E-state index contributed by atoms with van der Waals surface area (Å²) in [5, 5.41) is 0. The van der Waals surface area contributed by atoms with Gasteiger partial charge >= 0.3 is 0 Å². The number of thioether (sulfide) groups is 1. The van der Waals surface area contributed by atoms with E-state index in [4.69, 9.17) is 0 Å². The van der Waals surface area contributed by atoms with Gasteiger partial charge in [0.15, 0.2) is 0 Å². The highest BCUT2D eigenvalue weighted by atomic mass is 32.2. The molecule has 17 heavy (non-hydrogen) atoms. The second-order valence-electron chi connectivity index (χ2n) is 4.96. The van der Waals surface area contributed by atoms with Gasteiger partial charge in [-0.05, 0) is 50.5 Å². The summed E-state index contributed by atoms with van der Waals surface area (Å²) in [6.45, 7) is 4.29. The van der Waals surface area contributed by atoms with Crippen molar-refractivity contribution in [1.82, 2.24) is 0 Å². The first kappa shape index (κ1) is 12.7. The molecule has 0 radical (unpaired) electrons. The van der Waals surface area contributed by atoms with Gasteiger partial charge in [-0.25, -0.2) is 0 Å². The maximum absolute atomic E-state index is 11.5. The maximum atomic E-state index is 11.5. The number of carbonyl (C=O) groups excluding carboxylic acids is 1. The lowest BCUT2D eigenvalue weighted by Gasteiger charge is -2.09. The normalized spacial score (nSPS) is 19.9. The zero-order valence-electron chi connectivity index (χ0n) is 10.7. The third kappa shape index (κ3) is 3.35. The number of carbonyl (C=O) groups is 1. The highest BCUT2D eigenvalue weighted by Gasteiger charge is 2.23. The molecule has 0 aliphatic heterocycles. The molecular formula is C15H20OS. The van der Waals surface area contributed by atoms with E-state index in [2.05, 4.69) is 32.0 Å². The summed E-state index contributed by atoms with van der Waals surface area (Å²) in [6.07, 6.45) is 4.10. The highest BCUT2D eigenvalue weighted by Crippen LogP contribution is 2.29. The molecule has 2 rings (SSSR count). The van der Waals surface area contributed by atoms with E-state index in [1.165, 1.54) is 16.0 Å². The van der Waals surface area contributed by atoms with Gasteiger partial charge in [0.2, 0.25) is 0 Å². The molecule has 1 saturated carbocycles. The molecule has 1 aliphatic carbocycles. The molecule has 0 aromatic heterocycles. The molecule has 1 aliphatic rings. The van der Waals surface area contributed by atoms with Crippen LogP contribution in [0.1, 0.15) is 36.8 Å². The lowest BCUT2D eigenvalue weighted by Crippen LogP contribution is -2.06. The Morgan fingerprint density at radius 3 is 2.82 bits per heavy atom. The van der Waals surface area contributed by atoms with Crippen LogP contribution in [0.4, 0.5) is 0 Å². The molecule has 1 nitrogen and oxygen atoms in total. The molecule has 0 spiro atoms. The van der Waals surface area contributed by atoms with Crippen LogP contribution in [0.25, 0.3) is 0 Å². The SMILES string of the molecule is Cc1ccc(SCCC2CCCC2=O)c(C)c1. The predicted octanol–water partition coefficient (Wildman–Crippen LogP) is 4.15. The molecule has 1 aromatic rings. The molecular weight excluding hydrogens is 228 g/mol. The van der Waals surface area contributed by atoms with Gasteiger partial charge in [0.25, 0.3) is 0 Å². The van der Waals surface area contributed by atoms with Crippen molar-refractivity contribution in [1.29, 1.82) is 0 Å². The number of hydrogen-bond acceptors (Lipinski definition) is 2. The minimum absolute atomic E-state index is 0.355. The van der Waals surface area contributed by atoms with Crippen LogP contribution < -0.4 is 0 Å². The number of benzene rings is 1. The molecule has 0 saturated heterocycles. The first-order chi connectivity index (χ1) is 8.16.